The van der Waals surface area contributed by atoms with Crippen molar-refractivity contribution in [3.05, 3.63) is 0 Å². The Hall–Kier alpha value is -1.22. The van der Waals surface area contributed by atoms with Crippen LogP contribution in [0, 0.1) is 52.8 Å². The van der Waals surface area contributed by atoms with Crippen LogP contribution in [0.15, 0.2) is 0 Å². The smallest absolute Gasteiger partial charge is 0.240 e. The largest absolute Gasteiger partial charge is 0.394 e. The van der Waals surface area contributed by atoms with Gasteiger partial charge in [0.25, 0.3) is 0 Å². The Labute approximate surface area is 259 Å². The van der Waals surface area contributed by atoms with Crippen molar-refractivity contribution in [1.29, 1.82) is 0 Å². The first-order valence-electron chi connectivity index (χ1n) is 16.9. The minimum Gasteiger partial charge on any atom is -0.394 e. The zero-order valence-electron chi connectivity index (χ0n) is 26.6. The van der Waals surface area contributed by atoms with Gasteiger partial charge in [-0.25, -0.2) is 13.1 Å². The second-order valence-electron chi connectivity index (χ2n) is 14.9. The molecular weight excluding hydrogens is 566 g/mol. The summed E-state index contributed by atoms with van der Waals surface area (Å²) in [4.78, 5) is 20.1. The molecule has 0 aromatic rings. The number of sulfonamides is 1. The van der Waals surface area contributed by atoms with Crippen molar-refractivity contribution in [2.45, 2.75) is 128 Å². The van der Waals surface area contributed by atoms with Crippen LogP contribution in [0.2, 0.25) is 0 Å². The van der Waals surface area contributed by atoms with Crippen molar-refractivity contribution >= 4 is 15.9 Å². The standard InChI is InChI=1S/C33H55N3O6S/c1-21-27-17-25(33(27,3)4)18-28(21)35-32(39)31-30(22(2)38)29(20-37)42-36(31)19-24-11-8-10-23(16-24)12-9-15-34-43(40,41)26-13-6-5-7-14-26/h21-31,34,37-38H,5-8,10-11,13-20H2,1-4H3,(H,35,39)/t21-,22-,23?,24?,25+,27-,28-,29-,30+,31-/m0/s1. The molecule has 0 spiro atoms. The van der Waals surface area contributed by atoms with Crippen LogP contribution in [0.1, 0.15) is 98.3 Å². The van der Waals surface area contributed by atoms with Crippen molar-refractivity contribution in [1.82, 2.24) is 15.1 Å². The third-order valence-corrected chi connectivity index (χ3v) is 13.8. The number of nitrogens with one attached hydrogen (secondary N) is 2. The molecule has 5 saturated carbocycles. The highest BCUT2D eigenvalue weighted by Crippen LogP contribution is 2.61. The molecular formula is C33H55N3O6S. The van der Waals surface area contributed by atoms with Crippen LogP contribution in [0.4, 0.5) is 0 Å². The highest BCUT2D eigenvalue weighted by Gasteiger charge is 2.57. The molecule has 2 unspecified atom stereocenters. The monoisotopic (exact) mass is 621 g/mol. The molecule has 43 heavy (non-hydrogen) atoms. The van der Waals surface area contributed by atoms with Crippen LogP contribution in [0.3, 0.4) is 0 Å². The molecule has 244 valence electrons. The van der Waals surface area contributed by atoms with Gasteiger partial charge in [-0.15, -0.1) is 0 Å². The third kappa shape index (κ3) is 7.12. The quantitative estimate of drug-likeness (QED) is 0.291. The summed E-state index contributed by atoms with van der Waals surface area (Å²) in [6.45, 7) is 9.04. The van der Waals surface area contributed by atoms with Crippen molar-refractivity contribution in [3.8, 4) is 11.8 Å². The van der Waals surface area contributed by atoms with E-state index in [1.165, 1.54) is 6.42 Å². The minimum atomic E-state index is -3.32. The van der Waals surface area contributed by atoms with Crippen molar-refractivity contribution in [3.63, 3.8) is 0 Å². The summed E-state index contributed by atoms with van der Waals surface area (Å²) in [5.41, 5.74) is 0.327. The van der Waals surface area contributed by atoms with Gasteiger partial charge in [0.1, 0.15) is 12.1 Å². The van der Waals surface area contributed by atoms with E-state index >= 15 is 0 Å². The maximum absolute atomic E-state index is 13.9. The van der Waals surface area contributed by atoms with Crippen LogP contribution >= 0.6 is 0 Å². The number of carbonyl (C=O) groups excluding carboxylic acids is 1. The van der Waals surface area contributed by atoms with E-state index in [1.807, 2.05) is 0 Å². The van der Waals surface area contributed by atoms with Crippen LogP contribution in [-0.2, 0) is 19.7 Å². The number of aliphatic hydroxyl groups is 2. The fourth-order valence-corrected chi connectivity index (χ4v) is 10.6. The maximum Gasteiger partial charge on any atom is 0.240 e. The molecule has 4 N–H and O–H groups in total. The Morgan fingerprint density at radius 1 is 1.09 bits per heavy atom. The summed E-state index contributed by atoms with van der Waals surface area (Å²) >= 11 is 0. The molecule has 5 aliphatic carbocycles. The molecule has 2 bridgehead atoms. The van der Waals surface area contributed by atoms with E-state index in [9.17, 15) is 23.4 Å². The molecule has 9 nitrogen and oxygen atoms in total. The number of hydrogen-bond donors (Lipinski definition) is 4. The predicted octanol–water partition coefficient (Wildman–Crippen LogP) is 3.21. The number of carbonyl (C=O) groups is 1. The second-order valence-corrected chi connectivity index (χ2v) is 17.0. The zero-order valence-corrected chi connectivity index (χ0v) is 27.4. The van der Waals surface area contributed by atoms with Gasteiger partial charge in [-0.05, 0) is 81.0 Å². The van der Waals surface area contributed by atoms with Gasteiger partial charge in [-0.3, -0.25) is 9.63 Å². The Morgan fingerprint density at radius 3 is 2.49 bits per heavy atom. The lowest BCUT2D eigenvalue weighted by Crippen LogP contribution is -2.62. The van der Waals surface area contributed by atoms with E-state index < -0.39 is 34.2 Å². The Morgan fingerprint density at radius 2 is 1.84 bits per heavy atom. The Balaban J connectivity index is 1.19. The molecule has 1 amide bonds. The highest BCUT2D eigenvalue weighted by atomic mass is 32.2. The second kappa shape index (κ2) is 13.6. The van der Waals surface area contributed by atoms with Gasteiger partial charge in [-0.2, -0.15) is 5.06 Å². The Kier molecular flexibility index (Phi) is 10.5. The van der Waals surface area contributed by atoms with E-state index in [1.54, 1.807) is 12.0 Å². The average Bonchev–Trinajstić information content (AvgIpc) is 3.35. The summed E-state index contributed by atoms with van der Waals surface area (Å²) in [5.74, 6) is 7.77. The van der Waals surface area contributed by atoms with Gasteiger partial charge >= 0.3 is 0 Å². The topological polar surface area (TPSA) is 128 Å². The number of hydroxylamine groups is 2. The summed E-state index contributed by atoms with van der Waals surface area (Å²) in [6, 6.07) is -0.560. The molecule has 0 aromatic carbocycles. The molecule has 1 heterocycles. The van der Waals surface area contributed by atoms with Gasteiger partial charge in [0.2, 0.25) is 15.9 Å². The molecule has 0 radical (unpaired) electrons. The van der Waals surface area contributed by atoms with Gasteiger partial charge < -0.3 is 15.5 Å². The summed E-state index contributed by atoms with van der Waals surface area (Å²) in [6.07, 6.45) is 9.10. The van der Waals surface area contributed by atoms with Crippen molar-refractivity contribution in [2.75, 3.05) is 19.7 Å². The Bertz CT molecular complexity index is 1140. The lowest BCUT2D eigenvalue weighted by atomic mass is 9.45. The van der Waals surface area contributed by atoms with Crippen molar-refractivity contribution in [2.24, 2.45) is 40.9 Å². The molecule has 1 aliphatic heterocycles. The fraction of sp³-hybridized carbons (Fsp3) is 0.909. The summed E-state index contributed by atoms with van der Waals surface area (Å²) < 4.78 is 27.9. The number of fused-ring (bicyclic) bond motifs is 2. The number of hydrogen-bond acceptors (Lipinski definition) is 7. The summed E-state index contributed by atoms with van der Waals surface area (Å²) in [7, 11) is -3.32. The van der Waals surface area contributed by atoms with Gasteiger partial charge in [0.05, 0.1) is 24.5 Å². The third-order valence-electron chi connectivity index (χ3n) is 11.9. The van der Waals surface area contributed by atoms with Gasteiger partial charge in [0.15, 0.2) is 0 Å². The molecule has 1 saturated heterocycles. The number of rotatable bonds is 9. The van der Waals surface area contributed by atoms with Crippen molar-refractivity contribution < 1.29 is 28.3 Å². The van der Waals surface area contributed by atoms with Gasteiger partial charge in [-0.1, -0.05) is 58.3 Å². The SMILES string of the molecule is C[C@@H]1[C@@H](NC(=O)[C@@H]2[C@H]([C@H](C)O)[C@H](CO)ON2CC2CCCC(C#CCNS(=O)(=O)C3CCCCC3)C2)C[C@H]2C[C@@H]1C2(C)C. The van der Waals surface area contributed by atoms with Crippen LogP contribution in [0.25, 0.3) is 0 Å². The number of amides is 1. The first-order chi connectivity index (χ1) is 20.4. The molecule has 10 heteroatoms. The zero-order chi connectivity index (χ0) is 30.9. The van der Waals surface area contributed by atoms with E-state index in [4.69, 9.17) is 4.84 Å². The molecule has 6 rings (SSSR count). The lowest BCUT2D eigenvalue weighted by molar-refractivity contribution is -0.184. The molecule has 6 aliphatic rings. The molecule has 0 aromatic heterocycles. The number of aliphatic hydroxyl groups excluding tert-OH is 2. The van der Waals surface area contributed by atoms with E-state index in [0.717, 1.165) is 64.2 Å². The van der Waals surface area contributed by atoms with E-state index in [0.29, 0.717) is 29.7 Å². The van der Waals surface area contributed by atoms with Gasteiger partial charge in [0, 0.05) is 24.4 Å². The van der Waals surface area contributed by atoms with E-state index in [-0.39, 0.29) is 42.2 Å². The van der Waals surface area contributed by atoms with Crippen LogP contribution < -0.4 is 10.0 Å². The first-order valence-corrected chi connectivity index (χ1v) is 18.5. The lowest BCUT2D eigenvalue weighted by Gasteiger charge is -2.62. The number of nitrogens with zero attached hydrogens (tertiary/aromatic N) is 1. The average molecular weight is 622 g/mol. The summed E-state index contributed by atoms with van der Waals surface area (Å²) in [5, 5.41) is 25.6. The predicted molar refractivity (Wildman–Crippen MR) is 166 cm³/mol. The first kappa shape index (κ1) is 33.2. The minimum absolute atomic E-state index is 0.110. The van der Waals surface area contributed by atoms with Crippen LogP contribution in [-0.4, -0.2) is 78.8 Å². The maximum atomic E-state index is 13.9. The normalized spacial score (nSPS) is 38.9. The molecule has 10 atom stereocenters. The van der Waals surface area contributed by atoms with Crippen LogP contribution in [0.5, 0.6) is 0 Å². The highest BCUT2D eigenvalue weighted by molar-refractivity contribution is 7.90. The fourth-order valence-electron chi connectivity index (χ4n) is 9.17. The van der Waals surface area contributed by atoms with E-state index in [2.05, 4.69) is 42.7 Å². The molecule has 6 fully saturated rings.